The highest BCUT2D eigenvalue weighted by atomic mass is 19.1. The van der Waals surface area contributed by atoms with Gasteiger partial charge in [0.25, 0.3) is 5.91 Å². The Labute approximate surface area is 137 Å². The van der Waals surface area contributed by atoms with Gasteiger partial charge in [0.15, 0.2) is 0 Å². The van der Waals surface area contributed by atoms with E-state index in [1.165, 1.54) is 17.0 Å². The first-order valence-electron chi connectivity index (χ1n) is 7.40. The quantitative estimate of drug-likeness (QED) is 0.912. The zero-order chi connectivity index (χ0) is 17.1. The van der Waals surface area contributed by atoms with Crippen LogP contribution in [0.3, 0.4) is 0 Å². The second kappa shape index (κ2) is 6.61. The third-order valence-corrected chi connectivity index (χ3v) is 3.85. The molecule has 0 spiro atoms. The number of piperazine rings is 1. The van der Waals surface area contributed by atoms with E-state index in [9.17, 15) is 14.0 Å². The lowest BCUT2D eigenvalue weighted by molar-refractivity contribution is 0.0691. The van der Waals surface area contributed by atoms with Crippen LogP contribution >= 0.6 is 0 Å². The Morgan fingerprint density at radius 3 is 2.33 bits per heavy atom. The van der Waals surface area contributed by atoms with Gasteiger partial charge in [-0.3, -0.25) is 4.79 Å². The number of benzene rings is 1. The molecule has 0 unspecified atom stereocenters. The van der Waals surface area contributed by atoms with Crippen molar-refractivity contribution in [1.82, 2.24) is 14.9 Å². The maximum atomic E-state index is 14.0. The number of carbonyl (C=O) groups excluding carboxylic acids is 1. The summed E-state index contributed by atoms with van der Waals surface area (Å²) in [6.45, 7) is 1.92. The number of carboxylic acids is 1. The lowest BCUT2D eigenvalue weighted by Gasteiger charge is -2.34. The first-order chi connectivity index (χ1) is 11.6. The van der Waals surface area contributed by atoms with Crippen LogP contribution in [-0.4, -0.2) is 58.0 Å². The molecule has 0 bridgehead atoms. The molecule has 2 aromatic rings. The Morgan fingerprint density at radius 1 is 1.08 bits per heavy atom. The topological polar surface area (TPSA) is 86.6 Å². The van der Waals surface area contributed by atoms with Crippen molar-refractivity contribution < 1.29 is 19.1 Å². The van der Waals surface area contributed by atoms with E-state index in [0.29, 0.717) is 32.1 Å². The monoisotopic (exact) mass is 330 g/mol. The van der Waals surface area contributed by atoms with Crippen molar-refractivity contribution in [3.05, 3.63) is 53.6 Å². The number of anilines is 1. The van der Waals surface area contributed by atoms with Crippen LogP contribution < -0.4 is 4.90 Å². The Kier molecular flexibility index (Phi) is 4.37. The molecule has 1 aliphatic heterocycles. The van der Waals surface area contributed by atoms with Crippen LogP contribution in [0.15, 0.2) is 36.7 Å². The van der Waals surface area contributed by atoms with Crippen LogP contribution in [0.5, 0.6) is 0 Å². The predicted octanol–water partition coefficient (Wildman–Crippen LogP) is 1.28. The van der Waals surface area contributed by atoms with Crippen molar-refractivity contribution in [2.45, 2.75) is 0 Å². The van der Waals surface area contributed by atoms with E-state index < -0.39 is 17.7 Å². The van der Waals surface area contributed by atoms with Crippen LogP contribution in [-0.2, 0) is 0 Å². The lowest BCUT2D eigenvalue weighted by Crippen LogP contribution is -2.49. The van der Waals surface area contributed by atoms with E-state index in [-0.39, 0.29) is 11.1 Å². The molecule has 24 heavy (non-hydrogen) atoms. The summed E-state index contributed by atoms with van der Waals surface area (Å²) in [5.41, 5.74) is -0.306. The van der Waals surface area contributed by atoms with Gasteiger partial charge in [-0.15, -0.1) is 0 Å². The third-order valence-electron chi connectivity index (χ3n) is 3.85. The molecular formula is C16H15FN4O3. The van der Waals surface area contributed by atoms with E-state index in [4.69, 9.17) is 5.11 Å². The van der Waals surface area contributed by atoms with E-state index in [1.54, 1.807) is 18.5 Å². The molecule has 0 saturated carbocycles. The van der Waals surface area contributed by atoms with E-state index in [0.717, 1.165) is 6.07 Å². The molecule has 1 amide bonds. The van der Waals surface area contributed by atoms with Gasteiger partial charge in [-0.25, -0.2) is 19.2 Å². The number of nitrogens with zero attached hydrogens (tertiary/aromatic N) is 4. The normalized spacial score (nSPS) is 14.5. The third kappa shape index (κ3) is 3.17. The van der Waals surface area contributed by atoms with Gasteiger partial charge in [0, 0.05) is 38.6 Å². The highest BCUT2D eigenvalue weighted by Gasteiger charge is 2.25. The summed E-state index contributed by atoms with van der Waals surface area (Å²) in [6.07, 6.45) is 3.30. The van der Waals surface area contributed by atoms with Gasteiger partial charge in [-0.1, -0.05) is 0 Å². The van der Waals surface area contributed by atoms with Crippen LogP contribution in [0.4, 0.5) is 10.3 Å². The molecule has 1 fully saturated rings. The van der Waals surface area contributed by atoms with Crippen molar-refractivity contribution in [3.63, 3.8) is 0 Å². The van der Waals surface area contributed by atoms with Gasteiger partial charge in [0.2, 0.25) is 5.95 Å². The van der Waals surface area contributed by atoms with Gasteiger partial charge in [-0.2, -0.15) is 0 Å². The van der Waals surface area contributed by atoms with Gasteiger partial charge >= 0.3 is 5.97 Å². The number of amides is 1. The average Bonchev–Trinajstić information content (AvgIpc) is 2.62. The number of carbonyl (C=O) groups is 2. The summed E-state index contributed by atoms with van der Waals surface area (Å²) in [6, 6.07) is 5.04. The summed E-state index contributed by atoms with van der Waals surface area (Å²) in [7, 11) is 0. The molecule has 3 rings (SSSR count). The minimum absolute atomic E-state index is 0.121. The Morgan fingerprint density at radius 2 is 1.75 bits per heavy atom. The van der Waals surface area contributed by atoms with E-state index in [1.807, 2.05) is 4.90 Å². The molecule has 8 heteroatoms. The molecule has 1 aromatic heterocycles. The fraction of sp³-hybridized carbons (Fsp3) is 0.250. The zero-order valence-electron chi connectivity index (χ0n) is 12.7. The average molecular weight is 330 g/mol. The summed E-state index contributed by atoms with van der Waals surface area (Å²) in [5, 5.41) is 8.85. The molecule has 1 aliphatic rings. The van der Waals surface area contributed by atoms with Gasteiger partial charge in [0.1, 0.15) is 5.82 Å². The maximum Gasteiger partial charge on any atom is 0.335 e. The Hall–Kier alpha value is -3.03. The number of rotatable bonds is 3. The highest BCUT2D eigenvalue weighted by molar-refractivity contribution is 5.96. The van der Waals surface area contributed by atoms with Gasteiger partial charge in [0.05, 0.1) is 11.1 Å². The summed E-state index contributed by atoms with van der Waals surface area (Å²) in [5.74, 6) is -1.90. The van der Waals surface area contributed by atoms with Crippen molar-refractivity contribution in [2.75, 3.05) is 31.1 Å². The molecule has 7 nitrogen and oxygen atoms in total. The fourth-order valence-corrected chi connectivity index (χ4v) is 2.56. The molecular weight excluding hydrogens is 315 g/mol. The number of hydrogen-bond acceptors (Lipinski definition) is 5. The molecule has 0 aliphatic carbocycles. The molecule has 0 atom stereocenters. The second-order valence-electron chi connectivity index (χ2n) is 5.33. The van der Waals surface area contributed by atoms with Crippen molar-refractivity contribution in [1.29, 1.82) is 0 Å². The fourth-order valence-electron chi connectivity index (χ4n) is 2.56. The van der Waals surface area contributed by atoms with Gasteiger partial charge in [-0.05, 0) is 24.3 Å². The molecule has 2 heterocycles. The molecule has 1 N–H and O–H groups in total. The van der Waals surface area contributed by atoms with E-state index in [2.05, 4.69) is 9.97 Å². The molecule has 124 valence electrons. The SMILES string of the molecule is O=C(O)c1ccc(C(=O)N2CCN(c3ncccn3)CC2)c(F)c1. The molecule has 1 saturated heterocycles. The van der Waals surface area contributed by atoms with Gasteiger partial charge < -0.3 is 14.9 Å². The minimum atomic E-state index is -1.23. The first kappa shape index (κ1) is 15.9. The summed E-state index contributed by atoms with van der Waals surface area (Å²) >= 11 is 0. The number of hydrogen-bond donors (Lipinski definition) is 1. The maximum absolute atomic E-state index is 14.0. The zero-order valence-corrected chi connectivity index (χ0v) is 12.7. The lowest BCUT2D eigenvalue weighted by atomic mass is 10.1. The Bertz CT molecular complexity index is 761. The summed E-state index contributed by atoms with van der Waals surface area (Å²) < 4.78 is 14.0. The van der Waals surface area contributed by atoms with Crippen LogP contribution in [0, 0.1) is 5.82 Å². The van der Waals surface area contributed by atoms with Crippen LogP contribution in [0.1, 0.15) is 20.7 Å². The van der Waals surface area contributed by atoms with E-state index >= 15 is 0 Å². The largest absolute Gasteiger partial charge is 0.478 e. The standard InChI is InChI=1S/C16H15FN4O3/c17-13-10-11(15(23)24)2-3-12(13)14(22)20-6-8-21(9-7-20)16-18-4-1-5-19-16/h1-5,10H,6-9H2,(H,23,24). The number of carboxylic acid groups (broad SMARTS) is 1. The Balaban J connectivity index is 1.68. The number of aromatic nitrogens is 2. The summed E-state index contributed by atoms with van der Waals surface area (Å²) in [4.78, 5) is 35.1. The smallest absolute Gasteiger partial charge is 0.335 e. The predicted molar refractivity (Wildman–Crippen MR) is 83.5 cm³/mol. The first-order valence-corrected chi connectivity index (χ1v) is 7.40. The molecule has 1 aromatic carbocycles. The number of aromatic carboxylic acids is 1. The number of halogens is 1. The van der Waals surface area contributed by atoms with Crippen molar-refractivity contribution >= 4 is 17.8 Å². The second-order valence-corrected chi connectivity index (χ2v) is 5.33. The van der Waals surface area contributed by atoms with Crippen LogP contribution in [0.2, 0.25) is 0 Å². The van der Waals surface area contributed by atoms with Crippen molar-refractivity contribution in [3.8, 4) is 0 Å². The molecule has 0 radical (unpaired) electrons. The minimum Gasteiger partial charge on any atom is -0.478 e. The van der Waals surface area contributed by atoms with Crippen molar-refractivity contribution in [2.24, 2.45) is 0 Å². The van der Waals surface area contributed by atoms with Crippen LogP contribution in [0.25, 0.3) is 0 Å². The highest BCUT2D eigenvalue weighted by Crippen LogP contribution is 2.16.